The number of halogens is 1. The van der Waals surface area contributed by atoms with Gasteiger partial charge in [0.2, 0.25) is 0 Å². The first-order chi connectivity index (χ1) is 11.0. The summed E-state index contributed by atoms with van der Waals surface area (Å²) in [5, 5.41) is 9.23. The van der Waals surface area contributed by atoms with Crippen molar-refractivity contribution in [2.75, 3.05) is 13.1 Å². The van der Waals surface area contributed by atoms with E-state index in [0.717, 1.165) is 12.3 Å². The second kappa shape index (κ2) is 6.54. The van der Waals surface area contributed by atoms with Crippen molar-refractivity contribution < 1.29 is 18.7 Å². The Bertz CT molecular complexity index is 697. The normalized spacial score (nSPS) is 22.2. The van der Waals surface area contributed by atoms with E-state index in [9.17, 15) is 14.3 Å². The van der Waals surface area contributed by atoms with Crippen LogP contribution in [0.25, 0.3) is 11.3 Å². The van der Waals surface area contributed by atoms with Gasteiger partial charge in [0.15, 0.2) is 0 Å². The minimum Gasteiger partial charge on any atom is -0.481 e. The zero-order valence-corrected chi connectivity index (χ0v) is 13.0. The van der Waals surface area contributed by atoms with Gasteiger partial charge in [0, 0.05) is 13.1 Å². The molecule has 1 saturated heterocycles. The van der Waals surface area contributed by atoms with Crippen LogP contribution in [0.4, 0.5) is 4.39 Å². The Kier molecular flexibility index (Phi) is 4.48. The third kappa shape index (κ3) is 3.62. The molecule has 0 radical (unpaired) electrons. The smallest absolute Gasteiger partial charge is 0.307 e. The molecule has 0 amide bonds. The minimum atomic E-state index is -0.743. The molecule has 0 spiro atoms. The second-order valence-electron chi connectivity index (χ2n) is 6.32. The molecule has 3 rings (SSSR count). The van der Waals surface area contributed by atoms with Crippen molar-refractivity contribution >= 4 is 5.97 Å². The molecule has 23 heavy (non-hydrogen) atoms. The lowest BCUT2D eigenvalue weighted by Crippen LogP contribution is -2.41. The molecular formula is C18H20FNO3. The molecule has 1 fully saturated rings. The molecule has 1 aromatic heterocycles. The summed E-state index contributed by atoms with van der Waals surface area (Å²) in [6, 6.07) is 10.1. The highest BCUT2D eigenvalue weighted by atomic mass is 19.1. The van der Waals surface area contributed by atoms with Crippen molar-refractivity contribution in [2.24, 2.45) is 11.8 Å². The maximum atomic E-state index is 13.8. The molecule has 2 aromatic rings. The van der Waals surface area contributed by atoms with Crippen molar-refractivity contribution in [3.63, 3.8) is 0 Å². The Labute approximate surface area is 134 Å². The molecular weight excluding hydrogens is 297 g/mol. The number of hydrogen-bond donors (Lipinski definition) is 1. The summed E-state index contributed by atoms with van der Waals surface area (Å²) in [5.74, 6) is 0.170. The first kappa shape index (κ1) is 15.7. The molecule has 5 heteroatoms. The lowest BCUT2D eigenvalue weighted by Gasteiger charge is -2.34. The molecule has 1 aliphatic heterocycles. The van der Waals surface area contributed by atoms with Crippen LogP contribution in [-0.4, -0.2) is 29.1 Å². The molecule has 2 heterocycles. The summed E-state index contributed by atoms with van der Waals surface area (Å²) in [6.45, 7) is 3.98. The van der Waals surface area contributed by atoms with Gasteiger partial charge in [-0.05, 0) is 36.6 Å². The zero-order chi connectivity index (χ0) is 16.4. The lowest BCUT2D eigenvalue weighted by molar-refractivity contribution is -0.144. The number of benzene rings is 1. The SMILES string of the molecule is CC1CC(C(=O)O)CN(Cc2ccc(-c3ccccc3F)o2)C1. The topological polar surface area (TPSA) is 53.7 Å². The van der Waals surface area contributed by atoms with E-state index in [2.05, 4.69) is 11.8 Å². The molecule has 0 aliphatic carbocycles. The van der Waals surface area contributed by atoms with Gasteiger partial charge in [0.05, 0.1) is 18.0 Å². The quantitative estimate of drug-likeness (QED) is 0.935. The molecule has 1 aliphatic rings. The van der Waals surface area contributed by atoms with Crippen LogP contribution in [0.2, 0.25) is 0 Å². The fraction of sp³-hybridized carbons (Fsp3) is 0.389. The van der Waals surface area contributed by atoms with Crippen LogP contribution >= 0.6 is 0 Å². The van der Waals surface area contributed by atoms with Gasteiger partial charge >= 0.3 is 5.97 Å². The summed E-state index contributed by atoms with van der Waals surface area (Å²) in [6.07, 6.45) is 0.713. The summed E-state index contributed by atoms with van der Waals surface area (Å²) in [5.41, 5.74) is 0.439. The first-order valence-electron chi connectivity index (χ1n) is 7.81. The van der Waals surface area contributed by atoms with Gasteiger partial charge in [-0.1, -0.05) is 19.1 Å². The van der Waals surface area contributed by atoms with E-state index in [1.807, 2.05) is 6.07 Å². The number of likely N-dealkylation sites (tertiary alicyclic amines) is 1. The van der Waals surface area contributed by atoms with E-state index in [0.29, 0.717) is 36.8 Å². The monoisotopic (exact) mass is 317 g/mol. The van der Waals surface area contributed by atoms with Crippen molar-refractivity contribution in [3.05, 3.63) is 48.0 Å². The molecule has 1 aromatic carbocycles. The summed E-state index contributed by atoms with van der Waals surface area (Å²) >= 11 is 0. The summed E-state index contributed by atoms with van der Waals surface area (Å²) in [4.78, 5) is 13.3. The van der Waals surface area contributed by atoms with Gasteiger partial charge in [-0.2, -0.15) is 0 Å². The van der Waals surface area contributed by atoms with Crippen molar-refractivity contribution in [3.8, 4) is 11.3 Å². The number of hydrogen-bond acceptors (Lipinski definition) is 3. The van der Waals surface area contributed by atoms with Crippen LogP contribution in [0.15, 0.2) is 40.8 Å². The first-order valence-corrected chi connectivity index (χ1v) is 7.81. The third-order valence-electron chi connectivity index (χ3n) is 4.26. The van der Waals surface area contributed by atoms with Crippen molar-refractivity contribution in [1.29, 1.82) is 0 Å². The van der Waals surface area contributed by atoms with Crippen LogP contribution in [0, 0.1) is 17.7 Å². The number of rotatable bonds is 4. The van der Waals surface area contributed by atoms with Gasteiger partial charge in [-0.15, -0.1) is 0 Å². The van der Waals surface area contributed by atoms with Crippen LogP contribution < -0.4 is 0 Å². The average Bonchev–Trinajstić information content (AvgIpc) is 2.95. The van der Waals surface area contributed by atoms with E-state index in [1.165, 1.54) is 6.07 Å². The number of carboxylic acids is 1. The van der Waals surface area contributed by atoms with E-state index in [1.54, 1.807) is 24.3 Å². The van der Waals surface area contributed by atoms with Gasteiger partial charge in [-0.25, -0.2) is 4.39 Å². The average molecular weight is 317 g/mol. The number of carbonyl (C=O) groups is 1. The standard InChI is InChI=1S/C18H20FNO3/c1-12-8-13(18(21)22)10-20(9-12)11-14-6-7-17(23-14)15-4-2-3-5-16(15)19/h2-7,12-13H,8-11H2,1H3,(H,21,22). The number of nitrogens with zero attached hydrogens (tertiary/aromatic N) is 1. The maximum Gasteiger partial charge on any atom is 0.307 e. The van der Waals surface area contributed by atoms with Crippen LogP contribution in [0.5, 0.6) is 0 Å². The Morgan fingerprint density at radius 2 is 2.09 bits per heavy atom. The van der Waals surface area contributed by atoms with Crippen LogP contribution in [0.1, 0.15) is 19.1 Å². The van der Waals surface area contributed by atoms with E-state index in [4.69, 9.17) is 4.42 Å². The fourth-order valence-corrected chi connectivity index (χ4v) is 3.26. The fourth-order valence-electron chi connectivity index (χ4n) is 3.26. The highest BCUT2D eigenvalue weighted by Gasteiger charge is 2.29. The zero-order valence-electron chi connectivity index (χ0n) is 13.0. The van der Waals surface area contributed by atoms with E-state index >= 15 is 0 Å². The molecule has 0 saturated carbocycles. The third-order valence-corrected chi connectivity index (χ3v) is 4.26. The van der Waals surface area contributed by atoms with Crippen LogP contribution in [0.3, 0.4) is 0 Å². The van der Waals surface area contributed by atoms with E-state index < -0.39 is 5.97 Å². The Morgan fingerprint density at radius 1 is 1.30 bits per heavy atom. The Morgan fingerprint density at radius 3 is 2.83 bits per heavy atom. The Balaban J connectivity index is 1.72. The highest BCUT2D eigenvalue weighted by Crippen LogP contribution is 2.27. The highest BCUT2D eigenvalue weighted by molar-refractivity contribution is 5.70. The summed E-state index contributed by atoms with van der Waals surface area (Å²) in [7, 11) is 0. The molecule has 2 unspecified atom stereocenters. The minimum absolute atomic E-state index is 0.314. The number of aliphatic carboxylic acids is 1. The molecule has 4 nitrogen and oxygen atoms in total. The predicted octanol–water partition coefficient (Wildman–Crippen LogP) is 3.63. The maximum absolute atomic E-state index is 13.8. The summed E-state index contributed by atoms with van der Waals surface area (Å²) < 4.78 is 19.6. The van der Waals surface area contributed by atoms with Gasteiger partial charge in [0.1, 0.15) is 17.3 Å². The number of carboxylic acid groups (broad SMARTS) is 1. The second-order valence-corrected chi connectivity index (χ2v) is 6.32. The number of piperidine rings is 1. The molecule has 1 N–H and O–H groups in total. The van der Waals surface area contributed by atoms with E-state index in [-0.39, 0.29) is 11.7 Å². The van der Waals surface area contributed by atoms with Gasteiger partial charge < -0.3 is 9.52 Å². The molecule has 0 bridgehead atoms. The van der Waals surface area contributed by atoms with Gasteiger partial charge in [0.25, 0.3) is 0 Å². The molecule has 2 atom stereocenters. The van der Waals surface area contributed by atoms with Crippen molar-refractivity contribution in [2.45, 2.75) is 19.9 Å². The number of furan rings is 1. The van der Waals surface area contributed by atoms with Crippen molar-refractivity contribution in [1.82, 2.24) is 4.90 Å². The Hall–Kier alpha value is -2.14. The predicted molar refractivity (Wildman–Crippen MR) is 84.3 cm³/mol. The largest absolute Gasteiger partial charge is 0.481 e. The van der Waals surface area contributed by atoms with Gasteiger partial charge in [-0.3, -0.25) is 9.69 Å². The van der Waals surface area contributed by atoms with Crippen LogP contribution in [-0.2, 0) is 11.3 Å². The molecule has 122 valence electrons. The lowest BCUT2D eigenvalue weighted by atomic mass is 9.90.